The normalized spacial score (nSPS) is 14.2. The topological polar surface area (TPSA) is 85.5 Å². The summed E-state index contributed by atoms with van der Waals surface area (Å²) in [7, 11) is 0. The molecule has 0 saturated heterocycles. The van der Waals surface area contributed by atoms with E-state index in [1.165, 1.54) is 6.07 Å². The van der Waals surface area contributed by atoms with Crippen LogP contribution in [0.15, 0.2) is 22.7 Å². The van der Waals surface area contributed by atoms with Gasteiger partial charge < -0.3 is 14.4 Å². The average molecular weight is 274 g/mol. The Bertz CT molecular complexity index is 646. The highest BCUT2D eigenvalue weighted by atomic mass is 16.5. The van der Waals surface area contributed by atoms with Gasteiger partial charge in [0, 0.05) is 5.92 Å². The maximum Gasteiger partial charge on any atom is 0.335 e. The van der Waals surface area contributed by atoms with E-state index in [0.717, 1.165) is 18.4 Å². The number of hydrogen-bond donors (Lipinski definition) is 1. The molecule has 0 radical (unpaired) electrons. The summed E-state index contributed by atoms with van der Waals surface area (Å²) in [6.07, 6.45) is 2.22. The molecule has 0 spiro atoms. The minimum atomic E-state index is -0.952. The standard InChI is InChI=1S/C14H14N2O4/c1-8-6-10(14(17)18)4-5-11(8)19-7-12-15-13(20-16-12)9-2-3-9/h4-6,9H,2-3,7H2,1H3,(H,17,18). The van der Waals surface area contributed by atoms with Gasteiger partial charge in [0.2, 0.25) is 11.7 Å². The van der Waals surface area contributed by atoms with Crippen LogP contribution in [0.4, 0.5) is 0 Å². The molecule has 2 aromatic rings. The number of carbonyl (C=O) groups is 1. The van der Waals surface area contributed by atoms with Gasteiger partial charge in [-0.15, -0.1) is 0 Å². The Morgan fingerprint density at radius 2 is 2.30 bits per heavy atom. The van der Waals surface area contributed by atoms with Crippen molar-refractivity contribution in [3.63, 3.8) is 0 Å². The lowest BCUT2D eigenvalue weighted by Gasteiger charge is -2.07. The van der Waals surface area contributed by atoms with Crippen LogP contribution in [0.3, 0.4) is 0 Å². The number of aromatic nitrogens is 2. The average Bonchev–Trinajstić information content (AvgIpc) is 3.17. The van der Waals surface area contributed by atoms with E-state index in [-0.39, 0.29) is 12.2 Å². The number of carboxylic acid groups (broad SMARTS) is 1. The first-order valence-electron chi connectivity index (χ1n) is 6.42. The molecule has 0 aliphatic heterocycles. The number of aromatic carboxylic acids is 1. The van der Waals surface area contributed by atoms with E-state index in [9.17, 15) is 4.79 Å². The van der Waals surface area contributed by atoms with E-state index < -0.39 is 5.97 Å². The van der Waals surface area contributed by atoms with Gasteiger partial charge in [-0.3, -0.25) is 0 Å². The number of nitrogens with zero attached hydrogens (tertiary/aromatic N) is 2. The van der Waals surface area contributed by atoms with Crippen LogP contribution >= 0.6 is 0 Å². The van der Waals surface area contributed by atoms with Crippen LogP contribution in [0, 0.1) is 6.92 Å². The Morgan fingerprint density at radius 1 is 1.50 bits per heavy atom. The molecule has 1 N–H and O–H groups in total. The van der Waals surface area contributed by atoms with Gasteiger partial charge in [0.1, 0.15) is 5.75 Å². The second-order valence-corrected chi connectivity index (χ2v) is 4.90. The Balaban J connectivity index is 1.66. The third-order valence-corrected chi connectivity index (χ3v) is 3.19. The Labute approximate surface area is 115 Å². The number of carboxylic acids is 1. The second-order valence-electron chi connectivity index (χ2n) is 4.90. The summed E-state index contributed by atoms with van der Waals surface area (Å²) in [4.78, 5) is 15.1. The molecule has 1 fully saturated rings. The molecule has 0 atom stereocenters. The molecule has 6 nitrogen and oxygen atoms in total. The Morgan fingerprint density at radius 3 is 2.95 bits per heavy atom. The molecule has 1 saturated carbocycles. The van der Waals surface area contributed by atoms with E-state index in [1.54, 1.807) is 19.1 Å². The van der Waals surface area contributed by atoms with Crippen molar-refractivity contribution in [1.82, 2.24) is 10.1 Å². The summed E-state index contributed by atoms with van der Waals surface area (Å²) in [6.45, 7) is 2.01. The van der Waals surface area contributed by atoms with Gasteiger partial charge in [-0.05, 0) is 43.5 Å². The summed E-state index contributed by atoms with van der Waals surface area (Å²) in [6, 6.07) is 4.72. The smallest absolute Gasteiger partial charge is 0.335 e. The van der Waals surface area contributed by atoms with Crippen LogP contribution in [-0.4, -0.2) is 21.2 Å². The van der Waals surface area contributed by atoms with Gasteiger partial charge in [0.15, 0.2) is 6.61 Å². The first-order valence-corrected chi connectivity index (χ1v) is 6.42. The number of rotatable bonds is 5. The molecule has 6 heteroatoms. The number of benzene rings is 1. The fraction of sp³-hybridized carbons (Fsp3) is 0.357. The van der Waals surface area contributed by atoms with Gasteiger partial charge in [0.25, 0.3) is 0 Å². The summed E-state index contributed by atoms with van der Waals surface area (Å²) >= 11 is 0. The highest BCUT2D eigenvalue weighted by Crippen LogP contribution is 2.38. The van der Waals surface area contributed by atoms with E-state index in [0.29, 0.717) is 23.4 Å². The third kappa shape index (κ3) is 2.64. The monoisotopic (exact) mass is 274 g/mol. The fourth-order valence-corrected chi connectivity index (χ4v) is 1.91. The number of ether oxygens (including phenoxy) is 1. The van der Waals surface area contributed by atoms with Crippen molar-refractivity contribution in [2.24, 2.45) is 0 Å². The summed E-state index contributed by atoms with van der Waals surface area (Å²) in [5.74, 6) is 1.28. The van der Waals surface area contributed by atoms with Crippen LogP contribution in [0.1, 0.15) is 46.4 Å². The van der Waals surface area contributed by atoms with Crippen LogP contribution < -0.4 is 4.74 Å². The minimum absolute atomic E-state index is 0.212. The highest BCUT2D eigenvalue weighted by Gasteiger charge is 2.29. The quantitative estimate of drug-likeness (QED) is 0.901. The lowest BCUT2D eigenvalue weighted by atomic mass is 10.1. The van der Waals surface area contributed by atoms with Crippen molar-refractivity contribution in [2.45, 2.75) is 32.3 Å². The summed E-state index contributed by atoms with van der Waals surface area (Å²) in [5, 5.41) is 12.8. The predicted octanol–water partition coefficient (Wildman–Crippen LogP) is 2.53. The van der Waals surface area contributed by atoms with Crippen molar-refractivity contribution in [3.8, 4) is 5.75 Å². The van der Waals surface area contributed by atoms with Gasteiger partial charge in [0.05, 0.1) is 5.56 Å². The number of aryl methyl sites for hydroxylation is 1. The largest absolute Gasteiger partial charge is 0.485 e. The molecule has 0 unspecified atom stereocenters. The molecule has 3 rings (SSSR count). The van der Waals surface area contributed by atoms with Crippen molar-refractivity contribution < 1.29 is 19.2 Å². The van der Waals surface area contributed by atoms with Crippen molar-refractivity contribution in [1.29, 1.82) is 0 Å². The fourth-order valence-electron chi connectivity index (χ4n) is 1.91. The lowest BCUT2D eigenvalue weighted by molar-refractivity contribution is 0.0696. The molecule has 1 aliphatic carbocycles. The Hall–Kier alpha value is -2.37. The van der Waals surface area contributed by atoms with Gasteiger partial charge in [-0.1, -0.05) is 5.16 Å². The molecule has 1 aromatic carbocycles. The zero-order chi connectivity index (χ0) is 14.1. The molecule has 20 heavy (non-hydrogen) atoms. The van der Waals surface area contributed by atoms with Crippen LogP contribution in [-0.2, 0) is 6.61 Å². The van der Waals surface area contributed by atoms with Crippen molar-refractivity contribution >= 4 is 5.97 Å². The molecular formula is C14H14N2O4. The maximum atomic E-state index is 10.8. The molecule has 1 heterocycles. The van der Waals surface area contributed by atoms with Gasteiger partial charge in [-0.25, -0.2) is 4.79 Å². The van der Waals surface area contributed by atoms with E-state index in [4.69, 9.17) is 14.4 Å². The maximum absolute atomic E-state index is 10.8. The molecule has 1 aliphatic rings. The SMILES string of the molecule is Cc1cc(C(=O)O)ccc1OCc1noc(C2CC2)n1. The molecular weight excluding hydrogens is 260 g/mol. The van der Waals surface area contributed by atoms with E-state index in [1.807, 2.05) is 0 Å². The lowest BCUT2D eigenvalue weighted by Crippen LogP contribution is -2.01. The van der Waals surface area contributed by atoms with Crippen molar-refractivity contribution in [2.75, 3.05) is 0 Å². The predicted molar refractivity (Wildman–Crippen MR) is 68.7 cm³/mol. The van der Waals surface area contributed by atoms with E-state index >= 15 is 0 Å². The molecule has 0 bridgehead atoms. The molecule has 1 aromatic heterocycles. The van der Waals surface area contributed by atoms with E-state index in [2.05, 4.69) is 10.1 Å². The highest BCUT2D eigenvalue weighted by molar-refractivity contribution is 5.88. The second kappa shape index (κ2) is 4.96. The van der Waals surface area contributed by atoms with Crippen molar-refractivity contribution in [3.05, 3.63) is 41.0 Å². The van der Waals surface area contributed by atoms with Crippen LogP contribution in [0.2, 0.25) is 0 Å². The summed E-state index contributed by atoms with van der Waals surface area (Å²) in [5.41, 5.74) is 1.00. The van der Waals surface area contributed by atoms with Gasteiger partial charge in [-0.2, -0.15) is 4.98 Å². The Kier molecular flexibility index (Phi) is 3.14. The first-order chi connectivity index (χ1) is 9.63. The number of hydrogen-bond acceptors (Lipinski definition) is 5. The van der Waals surface area contributed by atoms with Crippen LogP contribution in [0.25, 0.3) is 0 Å². The molecule has 0 amide bonds. The summed E-state index contributed by atoms with van der Waals surface area (Å²) < 4.78 is 10.7. The zero-order valence-electron chi connectivity index (χ0n) is 11.0. The zero-order valence-corrected chi connectivity index (χ0v) is 11.0. The van der Waals surface area contributed by atoms with Gasteiger partial charge >= 0.3 is 5.97 Å². The minimum Gasteiger partial charge on any atom is -0.485 e. The third-order valence-electron chi connectivity index (χ3n) is 3.19. The van der Waals surface area contributed by atoms with Crippen LogP contribution in [0.5, 0.6) is 5.75 Å². The first kappa shape index (κ1) is 12.7. The molecule has 104 valence electrons.